The second-order valence-corrected chi connectivity index (χ2v) is 2.08. The Morgan fingerprint density at radius 1 is 1.78 bits per heavy atom. The minimum absolute atomic E-state index is 0.546. The molecular weight excluding hydrogens is 136 g/mol. The molecule has 0 aliphatic rings. The number of rotatable bonds is 4. The average molecular weight is 147 g/mol. The summed E-state index contributed by atoms with van der Waals surface area (Å²) < 4.78 is 5.06. The minimum atomic E-state index is 0.546. The predicted molar refractivity (Wildman–Crippen MR) is 39.9 cm³/mol. The van der Waals surface area contributed by atoms with Gasteiger partial charge in [-0.3, -0.25) is 0 Å². The molecule has 0 rings (SSSR count). The van der Waals surface area contributed by atoms with Gasteiger partial charge in [0.2, 0.25) is 0 Å². The summed E-state index contributed by atoms with van der Waals surface area (Å²) in [6.45, 7) is 6.57. The fourth-order valence-corrected chi connectivity index (χ4v) is 0.440. The van der Waals surface area contributed by atoms with Gasteiger partial charge in [0, 0.05) is 5.88 Å². The lowest BCUT2D eigenvalue weighted by molar-refractivity contribution is 0.173. The van der Waals surface area contributed by atoms with Crippen LogP contribution in [0, 0.1) is 0 Å². The highest BCUT2D eigenvalue weighted by Crippen LogP contribution is 1.89. The zero-order valence-electron chi connectivity index (χ0n) is 5.61. The van der Waals surface area contributed by atoms with Crippen LogP contribution in [0.2, 0.25) is 0 Å². The van der Waals surface area contributed by atoms with Crippen LogP contribution in [-0.2, 0) is 4.74 Å². The number of hydrogen-bond donors (Lipinski definition) is 0. The topological polar surface area (TPSA) is 9.23 Å². The van der Waals surface area contributed by atoms with Crippen LogP contribution in [0.3, 0.4) is 0 Å². The SMILES string of the molecule is C=C=C(C)COCCCl. The molecule has 0 amide bonds. The first-order valence-corrected chi connectivity index (χ1v) is 3.34. The summed E-state index contributed by atoms with van der Waals surface area (Å²) in [5.41, 5.74) is 3.74. The van der Waals surface area contributed by atoms with Crippen LogP contribution in [0.15, 0.2) is 17.9 Å². The Bertz CT molecular complexity index is 114. The van der Waals surface area contributed by atoms with Crippen molar-refractivity contribution in [3.8, 4) is 0 Å². The highest BCUT2D eigenvalue weighted by molar-refractivity contribution is 6.17. The fraction of sp³-hybridized carbons (Fsp3) is 0.571. The third kappa shape index (κ3) is 5.64. The normalized spacial score (nSPS) is 8.67. The highest BCUT2D eigenvalue weighted by Gasteiger charge is 1.85. The molecule has 0 atom stereocenters. The van der Waals surface area contributed by atoms with Crippen LogP contribution in [0.4, 0.5) is 0 Å². The van der Waals surface area contributed by atoms with Crippen LogP contribution < -0.4 is 0 Å². The Kier molecular flexibility index (Phi) is 5.75. The van der Waals surface area contributed by atoms with Gasteiger partial charge in [-0.05, 0) is 12.5 Å². The van der Waals surface area contributed by atoms with Gasteiger partial charge in [-0.25, -0.2) is 0 Å². The first-order valence-electron chi connectivity index (χ1n) is 2.80. The Morgan fingerprint density at radius 2 is 2.44 bits per heavy atom. The van der Waals surface area contributed by atoms with E-state index in [1.807, 2.05) is 6.92 Å². The third-order valence-electron chi connectivity index (χ3n) is 0.842. The molecule has 0 unspecified atom stereocenters. The van der Waals surface area contributed by atoms with Crippen LogP contribution in [0.1, 0.15) is 6.92 Å². The molecule has 0 saturated carbocycles. The monoisotopic (exact) mass is 146 g/mol. The molecule has 0 aliphatic carbocycles. The summed E-state index contributed by atoms with van der Waals surface area (Å²) in [4.78, 5) is 0. The molecule has 0 aromatic rings. The van der Waals surface area contributed by atoms with Gasteiger partial charge >= 0.3 is 0 Å². The predicted octanol–water partition coefficient (Wildman–Crippen LogP) is 1.97. The molecule has 0 aliphatic heterocycles. The molecule has 0 spiro atoms. The van der Waals surface area contributed by atoms with Crippen molar-refractivity contribution in [2.75, 3.05) is 19.1 Å². The molecule has 2 heteroatoms. The lowest BCUT2D eigenvalue weighted by atomic mass is 10.4. The zero-order chi connectivity index (χ0) is 7.11. The maximum atomic E-state index is 5.36. The molecule has 1 nitrogen and oxygen atoms in total. The molecule has 0 fully saturated rings. The van der Waals surface area contributed by atoms with E-state index in [9.17, 15) is 0 Å². The quantitative estimate of drug-likeness (QED) is 0.335. The molecule has 0 bridgehead atoms. The lowest BCUT2D eigenvalue weighted by Gasteiger charge is -1.97. The Morgan fingerprint density at radius 3 is 2.89 bits per heavy atom. The van der Waals surface area contributed by atoms with Gasteiger partial charge < -0.3 is 4.74 Å². The van der Waals surface area contributed by atoms with Crippen molar-refractivity contribution < 1.29 is 4.74 Å². The van der Waals surface area contributed by atoms with Crippen molar-refractivity contribution >= 4 is 11.6 Å². The minimum Gasteiger partial charge on any atom is -0.375 e. The number of alkyl halides is 1. The molecule has 0 aromatic heterocycles. The molecule has 52 valence electrons. The Labute approximate surface area is 61.0 Å². The molecular formula is C7H11ClO. The molecule has 0 saturated heterocycles. The van der Waals surface area contributed by atoms with Gasteiger partial charge in [0.1, 0.15) is 0 Å². The first-order chi connectivity index (χ1) is 4.31. The summed E-state index contributed by atoms with van der Waals surface area (Å²) in [6.07, 6.45) is 0. The standard InChI is InChI=1S/C7H11ClO/c1-3-7(2)6-9-5-4-8/h1,4-6H2,2H3. The lowest BCUT2D eigenvalue weighted by Crippen LogP contribution is -1.97. The average Bonchev–Trinajstić information content (AvgIpc) is 1.89. The van der Waals surface area contributed by atoms with Gasteiger partial charge in [0.25, 0.3) is 0 Å². The van der Waals surface area contributed by atoms with Crippen molar-refractivity contribution in [1.29, 1.82) is 0 Å². The number of halogens is 1. The van der Waals surface area contributed by atoms with Gasteiger partial charge in [-0.2, -0.15) is 0 Å². The Hall–Kier alpha value is -0.230. The molecule has 0 aromatic carbocycles. The number of ether oxygens (including phenoxy) is 1. The zero-order valence-corrected chi connectivity index (χ0v) is 6.37. The second kappa shape index (κ2) is 5.90. The maximum absolute atomic E-state index is 5.36. The van der Waals surface area contributed by atoms with Crippen LogP contribution >= 0.6 is 11.6 Å². The Balaban J connectivity index is 3.17. The summed E-state index contributed by atoms with van der Waals surface area (Å²) in [5.74, 6) is 0.546. The van der Waals surface area contributed by atoms with Crippen molar-refractivity contribution in [2.45, 2.75) is 6.92 Å². The fourth-order valence-electron chi connectivity index (χ4n) is 0.331. The van der Waals surface area contributed by atoms with Gasteiger partial charge in [-0.15, -0.1) is 17.3 Å². The van der Waals surface area contributed by atoms with E-state index in [2.05, 4.69) is 12.3 Å². The molecule has 0 heterocycles. The summed E-state index contributed by atoms with van der Waals surface area (Å²) in [6, 6.07) is 0. The van der Waals surface area contributed by atoms with E-state index in [0.717, 1.165) is 5.57 Å². The second-order valence-electron chi connectivity index (χ2n) is 1.70. The summed E-state index contributed by atoms with van der Waals surface area (Å²) in [7, 11) is 0. The van der Waals surface area contributed by atoms with E-state index in [-0.39, 0.29) is 0 Å². The third-order valence-corrected chi connectivity index (χ3v) is 0.996. The summed E-state index contributed by atoms with van der Waals surface area (Å²) in [5, 5.41) is 0. The van der Waals surface area contributed by atoms with Crippen molar-refractivity contribution in [3.05, 3.63) is 17.9 Å². The smallest absolute Gasteiger partial charge is 0.0748 e. The highest BCUT2D eigenvalue weighted by atomic mass is 35.5. The van der Waals surface area contributed by atoms with Gasteiger partial charge in [0.05, 0.1) is 13.2 Å². The van der Waals surface area contributed by atoms with Crippen LogP contribution in [-0.4, -0.2) is 19.1 Å². The van der Waals surface area contributed by atoms with E-state index < -0.39 is 0 Å². The van der Waals surface area contributed by atoms with Crippen molar-refractivity contribution in [1.82, 2.24) is 0 Å². The first kappa shape index (κ1) is 8.77. The van der Waals surface area contributed by atoms with Gasteiger partial charge in [0.15, 0.2) is 0 Å². The van der Waals surface area contributed by atoms with Crippen molar-refractivity contribution in [2.24, 2.45) is 0 Å². The number of hydrogen-bond acceptors (Lipinski definition) is 1. The van der Waals surface area contributed by atoms with E-state index in [4.69, 9.17) is 16.3 Å². The maximum Gasteiger partial charge on any atom is 0.0748 e. The van der Waals surface area contributed by atoms with E-state index >= 15 is 0 Å². The van der Waals surface area contributed by atoms with E-state index in [1.54, 1.807) is 0 Å². The molecule has 9 heavy (non-hydrogen) atoms. The molecule has 0 radical (unpaired) electrons. The summed E-state index contributed by atoms with van der Waals surface area (Å²) >= 11 is 5.36. The van der Waals surface area contributed by atoms with Crippen LogP contribution in [0.25, 0.3) is 0 Å². The molecule has 0 N–H and O–H groups in total. The van der Waals surface area contributed by atoms with E-state index in [0.29, 0.717) is 19.1 Å². The van der Waals surface area contributed by atoms with E-state index in [1.165, 1.54) is 0 Å². The van der Waals surface area contributed by atoms with Crippen LogP contribution in [0.5, 0.6) is 0 Å². The van der Waals surface area contributed by atoms with Gasteiger partial charge in [-0.1, -0.05) is 6.58 Å². The van der Waals surface area contributed by atoms with Crippen molar-refractivity contribution in [3.63, 3.8) is 0 Å². The largest absolute Gasteiger partial charge is 0.375 e.